The second-order valence-electron chi connectivity index (χ2n) is 4.06. The quantitative estimate of drug-likeness (QED) is 0.860. The zero-order valence-corrected chi connectivity index (χ0v) is 9.69. The van der Waals surface area contributed by atoms with Gasteiger partial charge in [-0.15, -0.1) is 0 Å². The average molecular weight is 219 g/mol. The molecule has 86 valence electrons. The number of furan rings is 1. The predicted molar refractivity (Wildman–Crippen MR) is 64.0 cm³/mol. The van der Waals surface area contributed by atoms with Crippen molar-refractivity contribution in [1.82, 2.24) is 0 Å². The Morgan fingerprint density at radius 1 is 1.31 bits per heavy atom. The van der Waals surface area contributed by atoms with E-state index in [9.17, 15) is 0 Å². The van der Waals surface area contributed by atoms with Crippen LogP contribution in [0.1, 0.15) is 25.2 Å². The molecule has 1 heterocycles. The Bertz CT molecular complexity index is 474. The molecule has 2 N–H and O–H groups in total. The summed E-state index contributed by atoms with van der Waals surface area (Å²) in [6.45, 7) is 4.97. The molecule has 3 heteroatoms. The Morgan fingerprint density at radius 3 is 2.75 bits per heavy atom. The van der Waals surface area contributed by atoms with E-state index in [4.69, 9.17) is 14.9 Å². The average Bonchev–Trinajstić information content (AvgIpc) is 2.63. The lowest BCUT2D eigenvalue weighted by molar-refractivity contribution is 0.0548. The van der Waals surface area contributed by atoms with Gasteiger partial charge in [0, 0.05) is 17.5 Å². The molecule has 1 aromatic carbocycles. The van der Waals surface area contributed by atoms with E-state index in [2.05, 4.69) is 0 Å². The fourth-order valence-electron chi connectivity index (χ4n) is 1.73. The van der Waals surface area contributed by atoms with Gasteiger partial charge < -0.3 is 14.9 Å². The van der Waals surface area contributed by atoms with Gasteiger partial charge in [0.2, 0.25) is 0 Å². The summed E-state index contributed by atoms with van der Waals surface area (Å²) < 4.78 is 11.3. The maximum Gasteiger partial charge on any atom is 0.135 e. The fourth-order valence-corrected chi connectivity index (χ4v) is 1.73. The van der Waals surface area contributed by atoms with Gasteiger partial charge in [0.15, 0.2) is 0 Å². The predicted octanol–water partition coefficient (Wildman–Crippen LogP) is 2.82. The zero-order valence-electron chi connectivity index (χ0n) is 9.69. The van der Waals surface area contributed by atoms with Crippen molar-refractivity contribution in [3.63, 3.8) is 0 Å². The van der Waals surface area contributed by atoms with Gasteiger partial charge in [-0.3, -0.25) is 0 Å². The van der Waals surface area contributed by atoms with Crippen LogP contribution in [0.25, 0.3) is 11.0 Å². The second-order valence-corrected chi connectivity index (χ2v) is 4.06. The highest BCUT2D eigenvalue weighted by Gasteiger charge is 2.12. The number of ether oxygens (including phenoxy) is 1. The van der Waals surface area contributed by atoms with Crippen molar-refractivity contribution in [2.24, 2.45) is 5.73 Å². The van der Waals surface area contributed by atoms with Crippen molar-refractivity contribution in [1.29, 1.82) is 0 Å². The molecule has 0 aliphatic heterocycles. The number of hydrogen-bond donors (Lipinski definition) is 1. The normalized spacial score (nSPS) is 11.5. The number of nitrogens with two attached hydrogens (primary N) is 1. The zero-order chi connectivity index (χ0) is 11.5. The molecule has 0 saturated carbocycles. The van der Waals surface area contributed by atoms with Gasteiger partial charge in [0.25, 0.3) is 0 Å². The first kappa shape index (κ1) is 11.2. The first-order valence-corrected chi connectivity index (χ1v) is 5.53. The van der Waals surface area contributed by atoms with E-state index in [1.807, 2.05) is 38.1 Å². The minimum absolute atomic E-state index is 0.193. The molecule has 0 radical (unpaired) electrons. The van der Waals surface area contributed by atoms with Crippen molar-refractivity contribution >= 4 is 11.0 Å². The van der Waals surface area contributed by atoms with Crippen molar-refractivity contribution in [3.05, 3.63) is 35.6 Å². The summed E-state index contributed by atoms with van der Waals surface area (Å²) in [7, 11) is 0. The standard InChI is InChI=1S/C13H17NO2/c1-9(2)15-8-13-11(7-14)10-5-3-4-6-12(10)16-13/h3-6,9H,7-8,14H2,1-2H3. The summed E-state index contributed by atoms with van der Waals surface area (Å²) in [6.07, 6.45) is 0.193. The second kappa shape index (κ2) is 4.68. The van der Waals surface area contributed by atoms with Crippen LogP contribution in [0.3, 0.4) is 0 Å². The number of benzene rings is 1. The summed E-state index contributed by atoms with van der Waals surface area (Å²) in [5.41, 5.74) is 7.68. The molecule has 0 fully saturated rings. The molecule has 16 heavy (non-hydrogen) atoms. The highest BCUT2D eigenvalue weighted by atomic mass is 16.5. The molecule has 0 aliphatic carbocycles. The number of fused-ring (bicyclic) bond motifs is 1. The van der Waals surface area contributed by atoms with Crippen LogP contribution in [0.15, 0.2) is 28.7 Å². The third kappa shape index (κ3) is 2.10. The lowest BCUT2D eigenvalue weighted by Gasteiger charge is -2.06. The minimum Gasteiger partial charge on any atom is -0.458 e. The van der Waals surface area contributed by atoms with Crippen LogP contribution in [0, 0.1) is 0 Å². The Balaban J connectivity index is 2.36. The van der Waals surface area contributed by atoms with Gasteiger partial charge in [-0.05, 0) is 19.9 Å². The summed E-state index contributed by atoms with van der Waals surface area (Å²) in [5.74, 6) is 0.845. The largest absolute Gasteiger partial charge is 0.458 e. The van der Waals surface area contributed by atoms with Gasteiger partial charge in [0.1, 0.15) is 18.0 Å². The highest BCUT2D eigenvalue weighted by Crippen LogP contribution is 2.26. The molecule has 1 aromatic heterocycles. The van der Waals surface area contributed by atoms with E-state index < -0.39 is 0 Å². The molecule has 0 atom stereocenters. The van der Waals surface area contributed by atoms with Crippen LogP contribution in [-0.2, 0) is 17.9 Å². The Morgan fingerprint density at radius 2 is 2.06 bits per heavy atom. The van der Waals surface area contributed by atoms with Gasteiger partial charge in [0.05, 0.1) is 6.10 Å². The van der Waals surface area contributed by atoms with E-state index in [1.54, 1.807) is 0 Å². The summed E-state index contributed by atoms with van der Waals surface area (Å²) in [5, 5.41) is 1.09. The minimum atomic E-state index is 0.193. The van der Waals surface area contributed by atoms with Crippen molar-refractivity contribution in [3.8, 4) is 0 Å². The number of para-hydroxylation sites is 1. The van der Waals surface area contributed by atoms with Crippen LogP contribution in [0.2, 0.25) is 0 Å². The van der Waals surface area contributed by atoms with Gasteiger partial charge in [-0.2, -0.15) is 0 Å². The first-order valence-electron chi connectivity index (χ1n) is 5.53. The van der Waals surface area contributed by atoms with Gasteiger partial charge in [-0.25, -0.2) is 0 Å². The van der Waals surface area contributed by atoms with Crippen molar-refractivity contribution in [2.45, 2.75) is 33.1 Å². The fraction of sp³-hybridized carbons (Fsp3) is 0.385. The molecule has 3 nitrogen and oxygen atoms in total. The molecule has 0 unspecified atom stereocenters. The van der Waals surface area contributed by atoms with Crippen molar-refractivity contribution < 1.29 is 9.15 Å². The van der Waals surface area contributed by atoms with E-state index in [1.165, 1.54) is 0 Å². The lowest BCUT2D eigenvalue weighted by atomic mass is 10.1. The molecular weight excluding hydrogens is 202 g/mol. The monoisotopic (exact) mass is 219 g/mol. The van der Waals surface area contributed by atoms with Crippen LogP contribution in [-0.4, -0.2) is 6.10 Å². The third-order valence-corrected chi connectivity index (χ3v) is 2.53. The highest BCUT2D eigenvalue weighted by molar-refractivity contribution is 5.82. The Kier molecular flexibility index (Phi) is 3.27. The molecular formula is C13H17NO2. The van der Waals surface area contributed by atoms with Crippen LogP contribution < -0.4 is 5.73 Å². The van der Waals surface area contributed by atoms with Crippen LogP contribution >= 0.6 is 0 Å². The lowest BCUT2D eigenvalue weighted by Crippen LogP contribution is -2.05. The number of rotatable bonds is 4. The maximum atomic E-state index is 5.75. The molecule has 0 bridgehead atoms. The first-order chi connectivity index (χ1) is 7.72. The molecule has 0 aliphatic rings. The molecule has 0 saturated heterocycles. The van der Waals surface area contributed by atoms with Gasteiger partial charge in [-0.1, -0.05) is 18.2 Å². The smallest absolute Gasteiger partial charge is 0.135 e. The SMILES string of the molecule is CC(C)OCc1oc2ccccc2c1CN. The van der Waals surface area contributed by atoms with Crippen LogP contribution in [0.5, 0.6) is 0 Å². The maximum absolute atomic E-state index is 5.75. The summed E-state index contributed by atoms with van der Waals surface area (Å²) in [6, 6.07) is 7.93. The van der Waals surface area contributed by atoms with E-state index in [0.717, 1.165) is 22.3 Å². The topological polar surface area (TPSA) is 48.4 Å². The molecule has 2 rings (SSSR count). The molecule has 0 spiro atoms. The Hall–Kier alpha value is -1.32. The van der Waals surface area contributed by atoms with Gasteiger partial charge >= 0.3 is 0 Å². The van der Waals surface area contributed by atoms with Crippen LogP contribution in [0.4, 0.5) is 0 Å². The van der Waals surface area contributed by atoms with Crippen molar-refractivity contribution in [2.75, 3.05) is 0 Å². The number of hydrogen-bond acceptors (Lipinski definition) is 3. The summed E-state index contributed by atoms with van der Waals surface area (Å²) >= 11 is 0. The third-order valence-electron chi connectivity index (χ3n) is 2.53. The molecule has 2 aromatic rings. The van der Waals surface area contributed by atoms with E-state index >= 15 is 0 Å². The van der Waals surface area contributed by atoms with E-state index in [-0.39, 0.29) is 6.10 Å². The van der Waals surface area contributed by atoms with E-state index in [0.29, 0.717) is 13.2 Å². The Labute approximate surface area is 95.2 Å². The summed E-state index contributed by atoms with van der Waals surface area (Å²) in [4.78, 5) is 0. The molecule has 0 amide bonds.